The number of rotatable bonds is 3. The van der Waals surface area contributed by atoms with Crippen molar-refractivity contribution in [2.45, 2.75) is 6.54 Å². The Morgan fingerprint density at radius 1 is 1.62 bits per heavy atom. The van der Waals surface area contributed by atoms with Crippen molar-refractivity contribution in [3.05, 3.63) is 16.3 Å². The minimum Gasteiger partial charge on any atom is -0.367 e. The highest BCUT2D eigenvalue weighted by atomic mass is 79.9. The minimum atomic E-state index is -0.230. The van der Waals surface area contributed by atoms with E-state index in [2.05, 4.69) is 36.3 Å². The number of halogens is 1. The second kappa shape index (κ2) is 4.58. The second-order valence-electron chi connectivity index (χ2n) is 2.82. The number of hydrogen-bond donors (Lipinski definition) is 2. The Balaban J connectivity index is 1.94. The normalized spacial score (nSPS) is 10.3. The molecule has 0 aromatic carbocycles. The highest BCUT2D eigenvalue weighted by Crippen LogP contribution is 2.22. The predicted octanol–water partition coefficient (Wildman–Crippen LogP) is 0.718. The second-order valence-corrected chi connectivity index (χ2v) is 5.23. The fourth-order valence-electron chi connectivity index (χ4n) is 1.00. The van der Waals surface area contributed by atoms with Gasteiger partial charge in [0.1, 0.15) is 12.9 Å². The van der Waals surface area contributed by atoms with Gasteiger partial charge in [-0.3, -0.25) is 4.79 Å². The van der Waals surface area contributed by atoms with Crippen LogP contribution in [0.4, 0.5) is 11.1 Å². The molecule has 0 fully saturated rings. The number of amides is 1. The molecule has 0 atom stereocenters. The molecule has 2 aromatic rings. The molecule has 0 aliphatic heterocycles. The summed E-state index contributed by atoms with van der Waals surface area (Å²) in [5, 5.41) is 6.96. The lowest BCUT2D eigenvalue weighted by Gasteiger charge is -2.00. The largest absolute Gasteiger partial charge is 0.367 e. The lowest BCUT2D eigenvalue weighted by molar-refractivity contribution is -0.116. The number of carbonyl (C=O) groups is 1. The minimum absolute atomic E-state index is 0.0569. The number of nitrogen functional groups attached to an aromatic ring is 1. The molecule has 0 aliphatic carbocycles. The Hall–Kier alpha value is -1.48. The number of nitrogens with one attached hydrogen (secondary N) is 1. The molecular formula is C7H7BrN6OS. The number of carbonyl (C=O) groups excluding carboxylic acids is 1. The van der Waals surface area contributed by atoms with E-state index in [1.54, 1.807) is 6.20 Å². The topological polar surface area (TPSA) is 98.7 Å². The third-order valence-electron chi connectivity index (χ3n) is 1.58. The van der Waals surface area contributed by atoms with Gasteiger partial charge in [0.25, 0.3) is 0 Å². The number of anilines is 2. The summed E-state index contributed by atoms with van der Waals surface area (Å²) < 4.78 is 2.21. The lowest BCUT2D eigenvalue weighted by atomic mass is 10.6. The van der Waals surface area contributed by atoms with Crippen LogP contribution in [0, 0.1) is 0 Å². The molecule has 0 saturated heterocycles. The molecule has 1 amide bonds. The third-order valence-corrected chi connectivity index (χ3v) is 2.98. The van der Waals surface area contributed by atoms with Gasteiger partial charge in [-0.2, -0.15) is 0 Å². The van der Waals surface area contributed by atoms with Crippen LogP contribution in [-0.4, -0.2) is 25.7 Å². The number of nitrogens with zero attached hydrogens (tertiary/aromatic N) is 4. The average molecular weight is 303 g/mol. The molecule has 0 bridgehead atoms. The Morgan fingerprint density at radius 3 is 3.00 bits per heavy atom. The first kappa shape index (κ1) is 11.0. The van der Waals surface area contributed by atoms with Crippen LogP contribution >= 0.6 is 27.3 Å². The summed E-state index contributed by atoms with van der Waals surface area (Å²) in [5.74, 6) is -0.0865. The first-order valence-electron chi connectivity index (χ1n) is 4.19. The van der Waals surface area contributed by atoms with Crippen molar-refractivity contribution in [3.63, 3.8) is 0 Å². The van der Waals surface area contributed by atoms with E-state index in [4.69, 9.17) is 5.73 Å². The van der Waals surface area contributed by atoms with E-state index in [1.807, 2.05) is 0 Å². The van der Waals surface area contributed by atoms with Gasteiger partial charge in [0, 0.05) is 0 Å². The molecule has 0 radical (unpaired) electrons. The van der Waals surface area contributed by atoms with Gasteiger partial charge >= 0.3 is 0 Å². The Labute approximate surface area is 103 Å². The first-order valence-corrected chi connectivity index (χ1v) is 5.80. The molecular weight excluding hydrogens is 296 g/mol. The Bertz CT molecular complexity index is 464. The SMILES string of the molecule is Nc1ncn(CC(=O)Nc2ncc(Br)s2)n1. The van der Waals surface area contributed by atoms with Gasteiger partial charge in [0.2, 0.25) is 11.9 Å². The standard InChI is InChI=1S/C7H7BrN6OS/c8-4-1-10-7(16-4)12-5(15)2-14-3-11-6(9)13-14/h1,3H,2H2,(H2,9,13)(H,10,12,15). The quantitative estimate of drug-likeness (QED) is 0.870. The number of thiazole rings is 1. The maximum atomic E-state index is 11.5. The summed E-state index contributed by atoms with van der Waals surface area (Å²) in [6.45, 7) is 0.0569. The van der Waals surface area contributed by atoms with Crippen LogP contribution in [0.5, 0.6) is 0 Å². The summed E-state index contributed by atoms with van der Waals surface area (Å²) in [7, 11) is 0. The zero-order valence-corrected chi connectivity index (χ0v) is 10.3. The van der Waals surface area contributed by atoms with Crippen molar-refractivity contribution >= 4 is 44.3 Å². The van der Waals surface area contributed by atoms with E-state index in [9.17, 15) is 4.79 Å². The lowest BCUT2D eigenvalue weighted by Crippen LogP contribution is -2.19. The molecule has 0 aliphatic rings. The van der Waals surface area contributed by atoms with Gasteiger partial charge in [-0.05, 0) is 15.9 Å². The highest BCUT2D eigenvalue weighted by molar-refractivity contribution is 9.11. The molecule has 0 unspecified atom stereocenters. The predicted molar refractivity (Wildman–Crippen MR) is 62.9 cm³/mol. The molecule has 0 spiro atoms. The maximum absolute atomic E-state index is 11.5. The number of nitrogens with two attached hydrogens (primary N) is 1. The van der Waals surface area contributed by atoms with Crippen LogP contribution in [0.25, 0.3) is 0 Å². The summed E-state index contributed by atoms with van der Waals surface area (Å²) in [6, 6.07) is 0. The van der Waals surface area contributed by atoms with Crippen molar-refractivity contribution < 1.29 is 4.79 Å². The van der Waals surface area contributed by atoms with Crippen LogP contribution in [0.15, 0.2) is 16.3 Å². The highest BCUT2D eigenvalue weighted by Gasteiger charge is 2.07. The molecule has 9 heteroatoms. The van der Waals surface area contributed by atoms with Gasteiger partial charge in [-0.15, -0.1) is 5.10 Å². The van der Waals surface area contributed by atoms with E-state index in [1.165, 1.54) is 22.3 Å². The molecule has 0 saturated carbocycles. The van der Waals surface area contributed by atoms with E-state index in [0.29, 0.717) is 5.13 Å². The van der Waals surface area contributed by atoms with Crippen molar-refractivity contribution in [2.24, 2.45) is 0 Å². The Kier molecular flexibility index (Phi) is 3.15. The van der Waals surface area contributed by atoms with E-state index in [0.717, 1.165) is 3.79 Å². The fraction of sp³-hybridized carbons (Fsp3) is 0.143. The molecule has 3 N–H and O–H groups in total. The van der Waals surface area contributed by atoms with Gasteiger partial charge in [-0.25, -0.2) is 14.6 Å². The van der Waals surface area contributed by atoms with E-state index >= 15 is 0 Å². The van der Waals surface area contributed by atoms with E-state index < -0.39 is 0 Å². The molecule has 84 valence electrons. The summed E-state index contributed by atoms with van der Waals surface area (Å²) in [5.41, 5.74) is 5.32. The first-order chi connectivity index (χ1) is 7.63. The summed E-state index contributed by atoms with van der Waals surface area (Å²) in [6.07, 6.45) is 3.01. The Morgan fingerprint density at radius 2 is 2.44 bits per heavy atom. The number of hydrogen-bond acceptors (Lipinski definition) is 6. The molecule has 7 nitrogen and oxygen atoms in total. The molecule has 16 heavy (non-hydrogen) atoms. The van der Waals surface area contributed by atoms with E-state index in [-0.39, 0.29) is 18.4 Å². The van der Waals surface area contributed by atoms with Crippen molar-refractivity contribution in [1.82, 2.24) is 19.7 Å². The average Bonchev–Trinajstić information content (AvgIpc) is 2.76. The van der Waals surface area contributed by atoms with Crippen LogP contribution in [-0.2, 0) is 11.3 Å². The summed E-state index contributed by atoms with van der Waals surface area (Å²) >= 11 is 4.59. The smallest absolute Gasteiger partial charge is 0.247 e. The van der Waals surface area contributed by atoms with Crippen LogP contribution in [0.3, 0.4) is 0 Å². The van der Waals surface area contributed by atoms with Gasteiger partial charge < -0.3 is 11.1 Å². The zero-order valence-electron chi connectivity index (χ0n) is 7.92. The van der Waals surface area contributed by atoms with Gasteiger partial charge in [-0.1, -0.05) is 11.3 Å². The van der Waals surface area contributed by atoms with Crippen LogP contribution < -0.4 is 11.1 Å². The van der Waals surface area contributed by atoms with Crippen LogP contribution in [0.1, 0.15) is 0 Å². The van der Waals surface area contributed by atoms with Gasteiger partial charge in [0.05, 0.1) is 9.98 Å². The molecule has 2 aromatic heterocycles. The monoisotopic (exact) mass is 302 g/mol. The number of aromatic nitrogens is 4. The summed E-state index contributed by atoms with van der Waals surface area (Å²) in [4.78, 5) is 19.2. The zero-order chi connectivity index (χ0) is 11.5. The van der Waals surface area contributed by atoms with Gasteiger partial charge in [0.15, 0.2) is 5.13 Å². The van der Waals surface area contributed by atoms with Crippen molar-refractivity contribution in [3.8, 4) is 0 Å². The van der Waals surface area contributed by atoms with Crippen molar-refractivity contribution in [1.29, 1.82) is 0 Å². The van der Waals surface area contributed by atoms with Crippen molar-refractivity contribution in [2.75, 3.05) is 11.1 Å². The molecule has 2 heterocycles. The molecule has 2 rings (SSSR count). The maximum Gasteiger partial charge on any atom is 0.247 e. The van der Waals surface area contributed by atoms with Crippen LogP contribution in [0.2, 0.25) is 0 Å². The fourth-order valence-corrected chi connectivity index (χ4v) is 2.13. The third kappa shape index (κ3) is 2.76.